The molecule has 0 amide bonds. The molecule has 0 radical (unpaired) electrons. The van der Waals surface area contributed by atoms with E-state index in [9.17, 15) is 14.4 Å². The van der Waals surface area contributed by atoms with Crippen LogP contribution < -0.4 is 0 Å². The van der Waals surface area contributed by atoms with Crippen LogP contribution in [-0.4, -0.2) is 41.3 Å². The van der Waals surface area contributed by atoms with Crippen molar-refractivity contribution in [3.8, 4) is 6.07 Å². The number of ether oxygens (including phenoxy) is 2. The number of aliphatic hydroxyl groups is 1. The van der Waals surface area contributed by atoms with E-state index in [0.717, 1.165) is 11.6 Å². The second-order valence-corrected chi connectivity index (χ2v) is 5.58. The molecule has 0 atom stereocenters. The molecule has 0 aromatic heterocycles. The van der Waals surface area contributed by atoms with Crippen LogP contribution in [0.25, 0.3) is 0 Å². The normalized spacial score (nSPS) is 8.94. The fourth-order valence-corrected chi connectivity index (χ4v) is 1.37. The van der Waals surface area contributed by atoms with Crippen molar-refractivity contribution in [3.05, 3.63) is 85.0 Å². The number of nitriles is 1. The van der Waals surface area contributed by atoms with E-state index in [1.165, 1.54) is 13.0 Å². The predicted molar refractivity (Wildman–Crippen MR) is 115 cm³/mol. The maximum absolute atomic E-state index is 11.5. The lowest BCUT2D eigenvalue weighted by atomic mass is 10.2. The number of carboxylic acid groups (broad SMARTS) is 1. The zero-order valence-electron chi connectivity index (χ0n) is 17.5. The molecule has 2 N–H and O–H groups in total. The van der Waals surface area contributed by atoms with Crippen molar-refractivity contribution in [1.29, 1.82) is 5.26 Å². The summed E-state index contributed by atoms with van der Waals surface area (Å²) in [7, 11) is 0. The molecular weight excluding hydrogens is 402 g/mol. The highest BCUT2D eigenvalue weighted by molar-refractivity contribution is 5.88. The van der Waals surface area contributed by atoms with Crippen molar-refractivity contribution in [1.82, 2.24) is 0 Å². The summed E-state index contributed by atoms with van der Waals surface area (Å²) >= 11 is 0. The van der Waals surface area contributed by atoms with E-state index < -0.39 is 17.9 Å². The van der Waals surface area contributed by atoms with Gasteiger partial charge in [-0.25, -0.2) is 14.4 Å². The van der Waals surface area contributed by atoms with Crippen LogP contribution in [0.15, 0.2) is 79.4 Å². The minimum Gasteiger partial charge on any atom is -0.478 e. The van der Waals surface area contributed by atoms with Gasteiger partial charge in [0.1, 0.15) is 13.2 Å². The highest BCUT2D eigenvalue weighted by atomic mass is 16.5. The summed E-state index contributed by atoms with van der Waals surface area (Å²) in [6.07, 6.45) is 4.28. The Morgan fingerprint density at radius 1 is 1.16 bits per heavy atom. The molecule has 8 nitrogen and oxygen atoms in total. The predicted octanol–water partition coefficient (Wildman–Crippen LogP) is 3.11. The molecule has 0 aliphatic carbocycles. The first-order chi connectivity index (χ1) is 14.7. The molecule has 0 aliphatic heterocycles. The summed E-state index contributed by atoms with van der Waals surface area (Å²) in [5.41, 5.74) is 1.45. The Morgan fingerprint density at radius 3 is 2.19 bits per heavy atom. The highest BCUT2D eigenvalue weighted by Crippen LogP contribution is 2.06. The minimum absolute atomic E-state index is 0.0465. The smallest absolute Gasteiger partial charge is 0.334 e. The molecule has 0 fully saturated rings. The van der Waals surface area contributed by atoms with E-state index in [1.54, 1.807) is 6.08 Å². The summed E-state index contributed by atoms with van der Waals surface area (Å²) in [6, 6.07) is 11.3. The number of rotatable bonds is 9. The summed E-state index contributed by atoms with van der Waals surface area (Å²) in [5.74, 6) is -1.87. The highest BCUT2D eigenvalue weighted by Gasteiger charge is 2.06. The van der Waals surface area contributed by atoms with Gasteiger partial charge in [0.2, 0.25) is 0 Å². The van der Waals surface area contributed by atoms with Crippen molar-refractivity contribution in [2.45, 2.75) is 20.0 Å². The average molecular weight is 429 g/mol. The average Bonchev–Trinajstić information content (AvgIpc) is 2.77. The van der Waals surface area contributed by atoms with E-state index >= 15 is 0 Å². The largest absolute Gasteiger partial charge is 0.478 e. The zero-order valence-corrected chi connectivity index (χ0v) is 17.5. The first-order valence-corrected chi connectivity index (χ1v) is 8.91. The second-order valence-electron chi connectivity index (χ2n) is 5.58. The zero-order chi connectivity index (χ0) is 24.1. The van der Waals surface area contributed by atoms with E-state index in [-0.39, 0.29) is 25.4 Å². The lowest BCUT2D eigenvalue weighted by Gasteiger charge is -2.05. The lowest BCUT2D eigenvalue weighted by molar-refractivity contribution is -0.140. The topological polar surface area (TPSA) is 134 Å². The molecular formula is C23H27NO7. The van der Waals surface area contributed by atoms with Gasteiger partial charge in [0, 0.05) is 23.3 Å². The van der Waals surface area contributed by atoms with Crippen LogP contribution in [0.4, 0.5) is 0 Å². The quantitative estimate of drug-likeness (QED) is 0.347. The van der Waals surface area contributed by atoms with Gasteiger partial charge in [-0.2, -0.15) is 5.26 Å². The number of carboxylic acids is 1. The Labute approximate surface area is 182 Å². The van der Waals surface area contributed by atoms with Crippen LogP contribution >= 0.6 is 0 Å². The van der Waals surface area contributed by atoms with Gasteiger partial charge in [0.25, 0.3) is 0 Å². The molecule has 166 valence electrons. The Kier molecular flexibility index (Phi) is 18.3. The van der Waals surface area contributed by atoms with E-state index in [2.05, 4.69) is 24.5 Å². The Morgan fingerprint density at radius 2 is 1.74 bits per heavy atom. The van der Waals surface area contributed by atoms with E-state index in [4.69, 9.17) is 20.2 Å². The molecule has 1 aromatic rings. The molecule has 0 unspecified atom stereocenters. The van der Waals surface area contributed by atoms with Gasteiger partial charge in [-0.3, -0.25) is 0 Å². The Balaban J connectivity index is 0. The first-order valence-electron chi connectivity index (χ1n) is 8.91. The van der Waals surface area contributed by atoms with Gasteiger partial charge in [-0.1, -0.05) is 56.1 Å². The number of hydrogen-bond donors (Lipinski definition) is 2. The van der Waals surface area contributed by atoms with Crippen molar-refractivity contribution in [2.75, 3.05) is 13.2 Å². The third-order valence-corrected chi connectivity index (χ3v) is 2.93. The molecule has 0 aliphatic rings. The van der Waals surface area contributed by atoms with Gasteiger partial charge in [0.05, 0.1) is 12.7 Å². The molecule has 0 saturated heterocycles. The van der Waals surface area contributed by atoms with Crippen molar-refractivity contribution >= 4 is 17.9 Å². The van der Waals surface area contributed by atoms with Crippen LogP contribution in [0.1, 0.15) is 18.9 Å². The van der Waals surface area contributed by atoms with E-state index in [1.807, 2.05) is 36.4 Å². The van der Waals surface area contributed by atoms with Crippen molar-refractivity contribution in [2.24, 2.45) is 0 Å². The maximum atomic E-state index is 11.5. The number of nitrogens with zero attached hydrogens (tertiary/aromatic N) is 1. The Hall–Kier alpha value is -3.96. The number of allylic oxidation sites excluding steroid dienone is 2. The molecule has 1 aromatic carbocycles. The molecule has 0 bridgehead atoms. The van der Waals surface area contributed by atoms with Gasteiger partial charge >= 0.3 is 17.9 Å². The van der Waals surface area contributed by atoms with Gasteiger partial charge in [0.15, 0.2) is 0 Å². The summed E-state index contributed by atoms with van der Waals surface area (Å²) < 4.78 is 9.40. The fourth-order valence-electron chi connectivity index (χ4n) is 1.37. The number of aliphatic hydroxyl groups excluding tert-OH is 1. The number of aliphatic carboxylic acids is 1. The molecule has 1 rings (SSSR count). The first kappa shape index (κ1) is 29.2. The second kappa shape index (κ2) is 19.4. The van der Waals surface area contributed by atoms with Gasteiger partial charge < -0.3 is 19.7 Å². The van der Waals surface area contributed by atoms with Crippen molar-refractivity contribution < 1.29 is 34.1 Å². The molecule has 0 heterocycles. The fraction of sp³-hybridized carbons (Fsp3) is 0.217. The molecule has 0 saturated carbocycles. The molecule has 8 heteroatoms. The molecule has 0 spiro atoms. The number of carbonyl (C=O) groups is 3. The third kappa shape index (κ3) is 19.1. The SMILES string of the molecule is C=C(C)C(=O)O.C=C(CC=CC#N)C(=O)OCc1ccccc1.C=CC(=O)OCCO. The van der Waals surface area contributed by atoms with E-state index in [0.29, 0.717) is 12.0 Å². The number of carbonyl (C=O) groups excluding carboxylic acids is 2. The third-order valence-electron chi connectivity index (χ3n) is 2.93. The lowest BCUT2D eigenvalue weighted by Crippen LogP contribution is -2.06. The number of hydrogen-bond acceptors (Lipinski definition) is 7. The van der Waals surface area contributed by atoms with Crippen LogP contribution in [0, 0.1) is 11.3 Å². The van der Waals surface area contributed by atoms with Crippen LogP contribution in [0.3, 0.4) is 0 Å². The Bertz CT molecular complexity index is 793. The maximum Gasteiger partial charge on any atom is 0.334 e. The summed E-state index contributed by atoms with van der Waals surface area (Å²) in [6.45, 7) is 11.5. The minimum atomic E-state index is -0.935. The van der Waals surface area contributed by atoms with Crippen LogP contribution in [0.5, 0.6) is 0 Å². The number of esters is 2. The monoisotopic (exact) mass is 429 g/mol. The summed E-state index contributed by atoms with van der Waals surface area (Å²) in [4.78, 5) is 31.2. The van der Waals surface area contributed by atoms with Crippen LogP contribution in [0.2, 0.25) is 0 Å². The van der Waals surface area contributed by atoms with Gasteiger partial charge in [-0.05, 0) is 18.9 Å². The molecule has 31 heavy (non-hydrogen) atoms. The standard InChI is InChI=1S/C14H13NO2.C5H8O3.C4H6O2/c1-12(7-5-6-10-15)14(16)17-11-13-8-3-2-4-9-13;1-2-5(7)8-4-3-6;1-3(2)4(5)6/h2-6,8-9H,1,7,11H2;2,6H,1,3-4H2;1H2,2H3,(H,5,6). The summed E-state index contributed by atoms with van der Waals surface area (Å²) in [5, 5.41) is 24.3. The van der Waals surface area contributed by atoms with Crippen LogP contribution in [-0.2, 0) is 30.5 Å². The number of benzene rings is 1. The van der Waals surface area contributed by atoms with Crippen molar-refractivity contribution in [3.63, 3.8) is 0 Å². The van der Waals surface area contributed by atoms with Gasteiger partial charge in [-0.15, -0.1) is 0 Å².